The average Bonchev–Trinajstić information content (AvgIpc) is 1.89. The summed E-state index contributed by atoms with van der Waals surface area (Å²) < 4.78 is 4.33. The minimum Gasteiger partial charge on any atom is -0.468 e. The molecule has 51 valence electrons. The Morgan fingerprint density at radius 3 is 3.00 bits per heavy atom. The van der Waals surface area contributed by atoms with Crippen molar-refractivity contribution in [1.82, 2.24) is 5.32 Å². The van der Waals surface area contributed by atoms with E-state index >= 15 is 0 Å². The maximum atomic E-state index is 9.52. The van der Waals surface area contributed by atoms with Crippen LogP contribution in [0.15, 0.2) is 0 Å². The van der Waals surface area contributed by atoms with Crippen LogP contribution in [0.3, 0.4) is 0 Å². The summed E-state index contributed by atoms with van der Waals surface area (Å²) in [7, 11) is 0. The van der Waals surface area contributed by atoms with Crippen LogP contribution in [0, 0.1) is 0 Å². The maximum Gasteiger partial charge on any atom is 0.309 e. The fourth-order valence-electron chi connectivity index (χ4n) is 0.343. The second-order valence-corrected chi connectivity index (χ2v) is 1.35. The van der Waals surface area contributed by atoms with Crippen LogP contribution < -0.4 is 5.32 Å². The molecule has 0 heterocycles. The summed E-state index contributed by atoms with van der Waals surface area (Å²) >= 11 is 0. The molecule has 0 aliphatic heterocycles. The molecule has 0 aliphatic rings. The average molecular weight is 130 g/mol. The molecule has 0 aromatic heterocycles. The molecule has 0 saturated carbocycles. The highest BCUT2D eigenvalue weighted by atomic mass is 16.5. The van der Waals surface area contributed by atoms with Crippen molar-refractivity contribution in [2.45, 2.75) is 6.42 Å². The normalized spacial score (nSPS) is 8.00. The first-order valence-corrected chi connectivity index (χ1v) is 2.57. The third-order valence-corrected chi connectivity index (χ3v) is 0.704. The molecule has 0 atom stereocenters. The van der Waals surface area contributed by atoms with Crippen LogP contribution in [0.2, 0.25) is 0 Å². The van der Waals surface area contributed by atoms with Gasteiger partial charge in [0.25, 0.3) is 6.47 Å². The van der Waals surface area contributed by atoms with Gasteiger partial charge in [0.2, 0.25) is 0 Å². The van der Waals surface area contributed by atoms with Crippen LogP contribution >= 0.6 is 0 Å². The molecule has 0 bridgehead atoms. The summed E-state index contributed by atoms with van der Waals surface area (Å²) in [5.74, 6) is 0. The van der Waals surface area contributed by atoms with Crippen molar-refractivity contribution in [1.29, 1.82) is 0 Å². The molecule has 0 spiro atoms. The largest absolute Gasteiger partial charge is 0.468 e. The maximum absolute atomic E-state index is 9.52. The fourth-order valence-corrected chi connectivity index (χ4v) is 0.343. The number of amides is 1. The topological polar surface area (TPSA) is 55.4 Å². The summed E-state index contributed by atoms with van der Waals surface area (Å²) in [6, 6.07) is 0. The monoisotopic (exact) mass is 130 g/mol. The van der Waals surface area contributed by atoms with Gasteiger partial charge in [0.1, 0.15) is 0 Å². The van der Waals surface area contributed by atoms with Crippen molar-refractivity contribution >= 4 is 12.9 Å². The molecular formula is C5H8NO3. The molecule has 1 N–H and O–H groups in total. The van der Waals surface area contributed by atoms with Gasteiger partial charge in [0.15, 0.2) is 0 Å². The summed E-state index contributed by atoms with van der Waals surface area (Å²) in [6.07, 6.45) is 2.13. The second kappa shape index (κ2) is 6.94. The molecule has 0 aliphatic carbocycles. The van der Waals surface area contributed by atoms with E-state index in [2.05, 4.69) is 10.1 Å². The molecular weight excluding hydrogens is 122 g/mol. The standard InChI is InChI=1S/C5H8NO3/c7-4-6-2-1-3-9-5-8/h5H,1-3H2,(H,6,7). The van der Waals surface area contributed by atoms with Crippen LogP contribution in [0.4, 0.5) is 0 Å². The zero-order valence-corrected chi connectivity index (χ0v) is 4.92. The van der Waals surface area contributed by atoms with E-state index in [-0.39, 0.29) is 0 Å². The molecule has 0 aromatic rings. The van der Waals surface area contributed by atoms with Gasteiger partial charge in [-0.2, -0.15) is 0 Å². The van der Waals surface area contributed by atoms with Gasteiger partial charge in [-0.25, -0.2) is 0 Å². The van der Waals surface area contributed by atoms with Gasteiger partial charge in [-0.15, -0.1) is 0 Å². The van der Waals surface area contributed by atoms with Crippen LogP contribution in [0.1, 0.15) is 6.42 Å². The lowest BCUT2D eigenvalue weighted by molar-refractivity contribution is -0.128. The van der Waals surface area contributed by atoms with E-state index in [0.29, 0.717) is 26.0 Å². The fraction of sp³-hybridized carbons (Fsp3) is 0.600. The van der Waals surface area contributed by atoms with E-state index in [9.17, 15) is 9.59 Å². The molecule has 0 unspecified atom stereocenters. The lowest BCUT2D eigenvalue weighted by atomic mass is 10.5. The number of carbonyl (C=O) groups is 1. The lowest BCUT2D eigenvalue weighted by Gasteiger charge is -1.95. The number of ether oxygens (including phenoxy) is 1. The van der Waals surface area contributed by atoms with E-state index in [0.717, 1.165) is 0 Å². The summed E-state index contributed by atoms with van der Waals surface area (Å²) in [5.41, 5.74) is 0. The Labute approximate surface area is 53.2 Å². The number of hydrogen-bond acceptors (Lipinski definition) is 3. The molecule has 0 aromatic carbocycles. The van der Waals surface area contributed by atoms with Crippen LogP contribution in [0.25, 0.3) is 0 Å². The predicted octanol–water partition coefficient (Wildman–Crippen LogP) is -0.794. The molecule has 4 nitrogen and oxygen atoms in total. The Kier molecular flexibility index (Phi) is 6.12. The molecule has 0 saturated heterocycles. The van der Waals surface area contributed by atoms with Crippen molar-refractivity contribution in [3.8, 4) is 0 Å². The van der Waals surface area contributed by atoms with Gasteiger partial charge in [-0.3, -0.25) is 9.59 Å². The summed E-state index contributed by atoms with van der Waals surface area (Å²) in [6.45, 7) is 1.22. The Balaban J connectivity index is 2.74. The van der Waals surface area contributed by atoms with E-state index in [1.165, 1.54) is 6.41 Å². The predicted molar refractivity (Wildman–Crippen MR) is 30.3 cm³/mol. The first kappa shape index (κ1) is 7.94. The summed E-state index contributed by atoms with van der Waals surface area (Å²) in [5, 5.41) is 2.31. The zero-order valence-electron chi connectivity index (χ0n) is 4.92. The van der Waals surface area contributed by atoms with Crippen molar-refractivity contribution < 1.29 is 14.3 Å². The van der Waals surface area contributed by atoms with Gasteiger partial charge >= 0.3 is 6.41 Å². The SMILES string of the molecule is O=[C]NCCCOC=O. The highest BCUT2D eigenvalue weighted by Gasteiger charge is 1.84. The quantitative estimate of drug-likeness (QED) is 0.291. The summed E-state index contributed by atoms with van der Waals surface area (Å²) in [4.78, 5) is 19.0. The van der Waals surface area contributed by atoms with E-state index in [1.54, 1.807) is 0 Å². The minimum absolute atomic E-state index is 0.345. The Hall–Kier alpha value is -1.06. The first-order valence-electron chi connectivity index (χ1n) is 2.57. The van der Waals surface area contributed by atoms with Gasteiger partial charge in [0.05, 0.1) is 6.61 Å². The third-order valence-electron chi connectivity index (χ3n) is 0.704. The molecule has 0 rings (SSSR count). The van der Waals surface area contributed by atoms with Gasteiger partial charge in [-0.1, -0.05) is 0 Å². The Morgan fingerprint density at radius 1 is 1.67 bits per heavy atom. The highest BCUT2D eigenvalue weighted by molar-refractivity contribution is 5.46. The van der Waals surface area contributed by atoms with E-state index in [1.807, 2.05) is 0 Å². The van der Waals surface area contributed by atoms with E-state index < -0.39 is 0 Å². The third kappa shape index (κ3) is 6.94. The lowest BCUT2D eigenvalue weighted by Crippen LogP contribution is -2.13. The number of hydrogen-bond donors (Lipinski definition) is 1. The first-order chi connectivity index (χ1) is 4.41. The van der Waals surface area contributed by atoms with Crippen molar-refractivity contribution in [3.63, 3.8) is 0 Å². The van der Waals surface area contributed by atoms with Crippen LogP contribution in [-0.2, 0) is 14.3 Å². The Morgan fingerprint density at radius 2 is 2.44 bits per heavy atom. The Bertz CT molecular complexity index is 74.3. The van der Waals surface area contributed by atoms with Crippen LogP contribution in [-0.4, -0.2) is 26.0 Å². The van der Waals surface area contributed by atoms with Gasteiger partial charge in [0, 0.05) is 6.54 Å². The molecule has 1 radical (unpaired) electrons. The van der Waals surface area contributed by atoms with Gasteiger partial charge < -0.3 is 10.1 Å². The smallest absolute Gasteiger partial charge is 0.309 e. The minimum atomic E-state index is 0.345. The molecule has 9 heavy (non-hydrogen) atoms. The number of nitrogens with one attached hydrogen (secondary N) is 1. The zero-order chi connectivity index (χ0) is 6.95. The molecule has 4 heteroatoms. The number of rotatable bonds is 6. The van der Waals surface area contributed by atoms with Gasteiger partial charge in [-0.05, 0) is 6.42 Å². The van der Waals surface area contributed by atoms with Crippen molar-refractivity contribution in [2.75, 3.05) is 13.2 Å². The van der Waals surface area contributed by atoms with Crippen LogP contribution in [0.5, 0.6) is 0 Å². The molecule has 1 amide bonds. The number of carbonyl (C=O) groups excluding carboxylic acids is 2. The highest BCUT2D eigenvalue weighted by Crippen LogP contribution is 1.74. The van der Waals surface area contributed by atoms with Crippen molar-refractivity contribution in [2.24, 2.45) is 0 Å². The molecule has 0 fully saturated rings. The second-order valence-electron chi connectivity index (χ2n) is 1.35. The van der Waals surface area contributed by atoms with Crippen molar-refractivity contribution in [3.05, 3.63) is 0 Å². The van der Waals surface area contributed by atoms with E-state index in [4.69, 9.17) is 0 Å².